The van der Waals surface area contributed by atoms with Gasteiger partial charge in [-0.3, -0.25) is 9.59 Å². The van der Waals surface area contributed by atoms with Crippen molar-refractivity contribution in [1.82, 2.24) is 10.2 Å². The summed E-state index contributed by atoms with van der Waals surface area (Å²) >= 11 is 0. The summed E-state index contributed by atoms with van der Waals surface area (Å²) in [5.41, 5.74) is -0.382. The molecule has 0 aliphatic carbocycles. The van der Waals surface area contributed by atoms with Gasteiger partial charge in [-0.2, -0.15) is 13.2 Å². The topological polar surface area (TPSA) is 83.6 Å². The van der Waals surface area contributed by atoms with Crippen molar-refractivity contribution < 1.29 is 31.2 Å². The van der Waals surface area contributed by atoms with Crippen LogP contribution < -0.4 is 5.32 Å². The number of rotatable bonds is 5. The Balaban J connectivity index is 1.82. The van der Waals surface area contributed by atoms with Gasteiger partial charge in [-0.1, -0.05) is 12.1 Å². The second-order valence-electron chi connectivity index (χ2n) is 6.25. The van der Waals surface area contributed by atoms with Crippen LogP contribution in [0.25, 0.3) is 6.08 Å². The maximum absolute atomic E-state index is 12.5. The number of benzene rings is 1. The molecular weight excluding hydrogens is 385 g/mol. The summed E-state index contributed by atoms with van der Waals surface area (Å²) in [5, 5.41) is 1.79. The second kappa shape index (κ2) is 8.12. The molecule has 2 amide bonds. The van der Waals surface area contributed by atoms with E-state index in [1.54, 1.807) is 0 Å². The Hall–Kier alpha value is -2.36. The van der Waals surface area contributed by atoms with E-state index in [0.29, 0.717) is 18.5 Å². The number of nitrogens with zero attached hydrogens (tertiary/aromatic N) is 1. The summed E-state index contributed by atoms with van der Waals surface area (Å²) in [6.07, 6.45) is -0.494. The molecule has 6 nitrogen and oxygen atoms in total. The van der Waals surface area contributed by atoms with Crippen LogP contribution in [0.3, 0.4) is 0 Å². The van der Waals surface area contributed by atoms with Crippen LogP contribution in [-0.4, -0.2) is 56.3 Å². The van der Waals surface area contributed by atoms with Crippen molar-refractivity contribution in [3.05, 3.63) is 41.5 Å². The Morgan fingerprint density at radius 1 is 1.26 bits per heavy atom. The lowest BCUT2D eigenvalue weighted by molar-refractivity contribution is -0.137. The molecule has 1 aliphatic rings. The van der Waals surface area contributed by atoms with Gasteiger partial charge in [-0.15, -0.1) is 0 Å². The Morgan fingerprint density at radius 2 is 1.89 bits per heavy atom. The van der Waals surface area contributed by atoms with Crippen LogP contribution in [0.2, 0.25) is 0 Å². The highest BCUT2D eigenvalue weighted by molar-refractivity contribution is 7.91. The first-order valence-electron chi connectivity index (χ1n) is 8.06. The molecule has 0 bridgehead atoms. The van der Waals surface area contributed by atoms with E-state index in [1.807, 2.05) is 0 Å². The highest BCUT2D eigenvalue weighted by atomic mass is 32.2. The molecule has 1 fully saturated rings. The molecule has 27 heavy (non-hydrogen) atoms. The van der Waals surface area contributed by atoms with Gasteiger partial charge in [0.05, 0.1) is 17.4 Å². The highest BCUT2D eigenvalue weighted by Gasteiger charge is 2.32. The van der Waals surface area contributed by atoms with E-state index < -0.39 is 38.6 Å². The van der Waals surface area contributed by atoms with Crippen molar-refractivity contribution in [2.45, 2.75) is 17.8 Å². The van der Waals surface area contributed by atoms with Gasteiger partial charge >= 0.3 is 6.18 Å². The third kappa shape index (κ3) is 6.09. The van der Waals surface area contributed by atoms with E-state index in [-0.39, 0.29) is 13.1 Å². The smallest absolute Gasteiger partial charge is 0.343 e. The van der Waals surface area contributed by atoms with Crippen LogP contribution in [0.15, 0.2) is 30.3 Å². The van der Waals surface area contributed by atoms with Gasteiger partial charge < -0.3 is 10.2 Å². The zero-order valence-electron chi connectivity index (χ0n) is 14.5. The van der Waals surface area contributed by atoms with Crippen LogP contribution in [0, 0.1) is 0 Å². The highest BCUT2D eigenvalue weighted by Crippen LogP contribution is 2.29. The standard InChI is InChI=1S/C17H19F3N2O4S/c1-27(25,26)14-8-9-22(11-14)16(24)10-21-15(23)7-4-12-2-5-13(6-3-12)17(18,19)20/h2-7,14H,8-11H2,1H3,(H,21,23)/b7-4+/t14-/m1/s1. The molecule has 1 atom stereocenters. The molecule has 148 valence electrons. The Bertz CT molecular complexity index is 833. The first kappa shape index (κ1) is 20.9. The molecule has 1 saturated heterocycles. The summed E-state index contributed by atoms with van der Waals surface area (Å²) in [4.78, 5) is 25.1. The van der Waals surface area contributed by atoms with E-state index in [2.05, 4.69) is 5.32 Å². The molecule has 1 N–H and O–H groups in total. The molecule has 0 saturated carbocycles. The van der Waals surface area contributed by atoms with Crippen LogP contribution in [0.5, 0.6) is 0 Å². The van der Waals surface area contributed by atoms with Gasteiger partial charge in [0, 0.05) is 25.4 Å². The number of carbonyl (C=O) groups is 2. The lowest BCUT2D eigenvalue weighted by Crippen LogP contribution is -2.39. The SMILES string of the molecule is CS(=O)(=O)[C@@H]1CCN(C(=O)CNC(=O)/C=C/c2ccc(C(F)(F)F)cc2)C1. The number of halogens is 3. The van der Waals surface area contributed by atoms with Crippen molar-refractivity contribution in [3.63, 3.8) is 0 Å². The van der Waals surface area contributed by atoms with E-state index in [1.165, 1.54) is 23.1 Å². The van der Waals surface area contributed by atoms with Gasteiger partial charge in [0.15, 0.2) is 9.84 Å². The van der Waals surface area contributed by atoms with Gasteiger partial charge in [-0.25, -0.2) is 8.42 Å². The monoisotopic (exact) mass is 404 g/mol. The summed E-state index contributed by atoms with van der Waals surface area (Å²) in [6, 6.07) is 4.28. The lowest BCUT2D eigenvalue weighted by atomic mass is 10.1. The van der Waals surface area contributed by atoms with E-state index in [0.717, 1.165) is 24.5 Å². The predicted molar refractivity (Wildman–Crippen MR) is 93.3 cm³/mol. The maximum atomic E-state index is 12.5. The zero-order chi connectivity index (χ0) is 20.2. The summed E-state index contributed by atoms with van der Waals surface area (Å²) in [6.45, 7) is 0.134. The summed E-state index contributed by atoms with van der Waals surface area (Å²) < 4.78 is 60.4. The fraction of sp³-hybridized carbons (Fsp3) is 0.412. The second-order valence-corrected chi connectivity index (χ2v) is 8.58. The number of hydrogen-bond acceptors (Lipinski definition) is 4. The summed E-state index contributed by atoms with van der Waals surface area (Å²) in [7, 11) is -3.21. The van der Waals surface area contributed by atoms with Crippen molar-refractivity contribution in [2.75, 3.05) is 25.9 Å². The minimum absolute atomic E-state index is 0.106. The third-order valence-corrected chi connectivity index (χ3v) is 5.78. The van der Waals surface area contributed by atoms with Crippen molar-refractivity contribution >= 4 is 27.7 Å². The third-order valence-electron chi connectivity index (χ3n) is 4.18. The predicted octanol–water partition coefficient (Wildman–Crippen LogP) is 1.48. The Morgan fingerprint density at radius 3 is 2.41 bits per heavy atom. The fourth-order valence-electron chi connectivity index (χ4n) is 2.59. The lowest BCUT2D eigenvalue weighted by Gasteiger charge is -2.16. The van der Waals surface area contributed by atoms with Crippen LogP contribution in [-0.2, 0) is 25.6 Å². The number of nitrogens with one attached hydrogen (secondary N) is 1. The molecule has 2 rings (SSSR count). The first-order valence-corrected chi connectivity index (χ1v) is 10.0. The number of hydrogen-bond donors (Lipinski definition) is 1. The van der Waals surface area contributed by atoms with E-state index in [4.69, 9.17) is 0 Å². The Labute approximate surface area is 155 Å². The molecule has 0 unspecified atom stereocenters. The fourth-order valence-corrected chi connectivity index (χ4v) is 3.58. The number of amides is 2. The van der Waals surface area contributed by atoms with Crippen LogP contribution in [0.4, 0.5) is 13.2 Å². The van der Waals surface area contributed by atoms with E-state index >= 15 is 0 Å². The molecule has 0 aromatic heterocycles. The number of carbonyl (C=O) groups excluding carboxylic acids is 2. The number of sulfone groups is 1. The molecule has 10 heteroatoms. The number of alkyl halides is 3. The molecule has 1 aromatic carbocycles. The Kier molecular flexibility index (Phi) is 6.30. The molecule has 0 radical (unpaired) electrons. The first-order chi connectivity index (χ1) is 12.5. The minimum atomic E-state index is -4.42. The van der Waals surface area contributed by atoms with Crippen molar-refractivity contribution in [2.24, 2.45) is 0 Å². The normalized spacial score (nSPS) is 18.1. The van der Waals surface area contributed by atoms with Crippen LogP contribution >= 0.6 is 0 Å². The van der Waals surface area contributed by atoms with E-state index in [9.17, 15) is 31.2 Å². The summed E-state index contributed by atoms with van der Waals surface area (Å²) in [5.74, 6) is -0.973. The van der Waals surface area contributed by atoms with Crippen LogP contribution in [0.1, 0.15) is 17.5 Å². The molecular formula is C17H19F3N2O4S. The van der Waals surface area contributed by atoms with Crippen molar-refractivity contribution in [1.29, 1.82) is 0 Å². The molecule has 1 heterocycles. The maximum Gasteiger partial charge on any atom is 0.416 e. The number of likely N-dealkylation sites (tertiary alicyclic amines) is 1. The molecule has 0 spiro atoms. The zero-order valence-corrected chi connectivity index (χ0v) is 15.3. The van der Waals surface area contributed by atoms with Crippen molar-refractivity contribution in [3.8, 4) is 0 Å². The quantitative estimate of drug-likeness (QED) is 0.754. The van der Waals surface area contributed by atoms with Gasteiger partial charge in [0.25, 0.3) is 0 Å². The van der Waals surface area contributed by atoms with Gasteiger partial charge in [-0.05, 0) is 30.2 Å². The average molecular weight is 404 g/mol. The molecule has 1 aliphatic heterocycles. The van der Waals surface area contributed by atoms with Gasteiger partial charge in [0.2, 0.25) is 11.8 Å². The average Bonchev–Trinajstić information content (AvgIpc) is 3.08. The molecule has 1 aromatic rings. The minimum Gasteiger partial charge on any atom is -0.343 e. The van der Waals surface area contributed by atoms with Gasteiger partial charge in [0.1, 0.15) is 0 Å². The largest absolute Gasteiger partial charge is 0.416 e.